The summed E-state index contributed by atoms with van der Waals surface area (Å²) in [6.07, 6.45) is 2.43. The molecule has 0 saturated carbocycles. The number of nitrogens with zero attached hydrogens (tertiary/aromatic N) is 4. The first-order chi connectivity index (χ1) is 9.13. The van der Waals surface area contributed by atoms with Crippen LogP contribution in [0.25, 0.3) is 0 Å². The molecule has 19 heavy (non-hydrogen) atoms. The number of hydrogen-bond donors (Lipinski definition) is 1. The van der Waals surface area contributed by atoms with Gasteiger partial charge < -0.3 is 5.32 Å². The molecule has 0 bridgehead atoms. The molecule has 0 aliphatic rings. The summed E-state index contributed by atoms with van der Waals surface area (Å²) in [4.78, 5) is 17.4. The Morgan fingerprint density at radius 3 is 2.42 bits per heavy atom. The third kappa shape index (κ3) is 3.20. The minimum absolute atomic E-state index is 0.730. The lowest BCUT2D eigenvalue weighted by Gasteiger charge is -2.10. The Morgan fingerprint density at radius 1 is 1.16 bits per heavy atom. The van der Waals surface area contributed by atoms with Gasteiger partial charge in [-0.25, -0.2) is 19.9 Å². The van der Waals surface area contributed by atoms with Crippen molar-refractivity contribution in [2.75, 3.05) is 12.4 Å². The second-order valence-corrected chi connectivity index (χ2v) is 5.10. The molecule has 0 aromatic carbocycles. The molecule has 0 saturated heterocycles. The van der Waals surface area contributed by atoms with Gasteiger partial charge in [0.2, 0.25) is 0 Å². The van der Waals surface area contributed by atoms with Gasteiger partial charge >= 0.3 is 0 Å². The van der Waals surface area contributed by atoms with Gasteiger partial charge in [-0.05, 0) is 38.1 Å². The summed E-state index contributed by atoms with van der Waals surface area (Å²) in [5, 5.41) is 4.73. The van der Waals surface area contributed by atoms with Gasteiger partial charge in [-0.3, -0.25) is 0 Å². The van der Waals surface area contributed by atoms with E-state index in [1.54, 1.807) is 6.33 Å². The maximum absolute atomic E-state index is 4.43. The average molecular weight is 275 g/mol. The lowest BCUT2D eigenvalue weighted by atomic mass is 10.2. The van der Waals surface area contributed by atoms with E-state index >= 15 is 0 Å². The van der Waals surface area contributed by atoms with Crippen molar-refractivity contribution in [3.63, 3.8) is 0 Å². The summed E-state index contributed by atoms with van der Waals surface area (Å²) >= 11 is 1.48. The maximum Gasteiger partial charge on any atom is 0.194 e. The van der Waals surface area contributed by atoms with Gasteiger partial charge in [0, 0.05) is 24.0 Å². The predicted molar refractivity (Wildman–Crippen MR) is 76.6 cm³/mol. The van der Waals surface area contributed by atoms with E-state index in [4.69, 9.17) is 0 Å². The maximum atomic E-state index is 4.43. The smallest absolute Gasteiger partial charge is 0.194 e. The molecule has 2 aromatic rings. The van der Waals surface area contributed by atoms with E-state index < -0.39 is 0 Å². The fourth-order valence-corrected chi connectivity index (χ4v) is 2.86. The fourth-order valence-electron chi connectivity index (χ4n) is 1.84. The summed E-state index contributed by atoms with van der Waals surface area (Å²) in [7, 11) is 1.86. The van der Waals surface area contributed by atoms with Gasteiger partial charge in [-0.2, -0.15) is 0 Å². The monoisotopic (exact) mass is 275 g/mol. The molecule has 0 radical (unpaired) electrons. The number of anilines is 1. The normalized spacial score (nSPS) is 10.5. The summed E-state index contributed by atoms with van der Waals surface area (Å²) in [6.45, 7) is 6.03. The molecular weight excluding hydrogens is 258 g/mol. The molecule has 0 amide bonds. The lowest BCUT2D eigenvalue weighted by molar-refractivity contribution is 0.888. The van der Waals surface area contributed by atoms with E-state index in [1.165, 1.54) is 11.8 Å². The molecule has 0 aliphatic carbocycles. The Bertz CT molecular complexity index is 565. The van der Waals surface area contributed by atoms with Gasteiger partial charge in [0.05, 0.1) is 0 Å². The molecule has 1 N–H and O–H groups in total. The van der Waals surface area contributed by atoms with E-state index in [1.807, 2.05) is 27.0 Å². The summed E-state index contributed by atoms with van der Waals surface area (Å²) in [5.74, 6) is 0.865. The number of rotatable bonds is 4. The van der Waals surface area contributed by atoms with Gasteiger partial charge in [-0.15, -0.1) is 0 Å². The largest absolute Gasteiger partial charge is 0.373 e. The molecule has 2 aromatic heterocycles. The highest BCUT2D eigenvalue weighted by Crippen LogP contribution is 2.29. The third-order valence-electron chi connectivity index (χ3n) is 2.65. The Labute approximate surface area is 117 Å². The first kappa shape index (κ1) is 13.7. The molecule has 2 rings (SSSR count). The van der Waals surface area contributed by atoms with Gasteiger partial charge in [-0.1, -0.05) is 6.92 Å². The highest BCUT2D eigenvalue weighted by molar-refractivity contribution is 7.99. The zero-order valence-corrected chi connectivity index (χ0v) is 12.4. The van der Waals surface area contributed by atoms with E-state index in [2.05, 4.69) is 32.2 Å². The Hall–Kier alpha value is -1.69. The number of aromatic nitrogens is 4. The van der Waals surface area contributed by atoms with E-state index in [0.717, 1.165) is 39.4 Å². The van der Waals surface area contributed by atoms with Crippen LogP contribution in [0, 0.1) is 13.8 Å². The highest BCUT2D eigenvalue weighted by Gasteiger charge is 2.12. The van der Waals surface area contributed by atoms with Crippen molar-refractivity contribution in [3.8, 4) is 0 Å². The zero-order chi connectivity index (χ0) is 13.8. The Balaban J connectivity index is 2.37. The van der Waals surface area contributed by atoms with Crippen molar-refractivity contribution in [2.45, 2.75) is 37.4 Å². The van der Waals surface area contributed by atoms with Crippen LogP contribution < -0.4 is 5.32 Å². The second-order valence-electron chi connectivity index (χ2n) is 4.14. The van der Waals surface area contributed by atoms with Crippen molar-refractivity contribution in [2.24, 2.45) is 0 Å². The van der Waals surface area contributed by atoms with Crippen LogP contribution in [0.3, 0.4) is 0 Å². The number of aryl methyl sites for hydroxylation is 2. The minimum atomic E-state index is 0.730. The summed E-state index contributed by atoms with van der Waals surface area (Å²) < 4.78 is 0. The van der Waals surface area contributed by atoms with Crippen LogP contribution >= 0.6 is 11.8 Å². The van der Waals surface area contributed by atoms with Gasteiger partial charge in [0.1, 0.15) is 17.2 Å². The molecule has 5 nitrogen and oxygen atoms in total. The van der Waals surface area contributed by atoms with E-state index in [9.17, 15) is 0 Å². The van der Waals surface area contributed by atoms with Crippen LogP contribution in [-0.4, -0.2) is 27.0 Å². The van der Waals surface area contributed by atoms with Crippen LogP contribution in [0.5, 0.6) is 0 Å². The van der Waals surface area contributed by atoms with E-state index in [0.29, 0.717) is 0 Å². The molecule has 2 heterocycles. The molecule has 6 heteroatoms. The first-order valence-electron chi connectivity index (χ1n) is 6.15. The number of hydrogen-bond acceptors (Lipinski definition) is 6. The van der Waals surface area contributed by atoms with Crippen LogP contribution in [0.1, 0.15) is 23.9 Å². The van der Waals surface area contributed by atoms with Crippen LogP contribution in [0.4, 0.5) is 5.82 Å². The van der Waals surface area contributed by atoms with Crippen LogP contribution in [0.2, 0.25) is 0 Å². The second kappa shape index (κ2) is 5.97. The molecule has 0 aliphatic heterocycles. The quantitative estimate of drug-likeness (QED) is 0.683. The molecule has 0 atom stereocenters. The van der Waals surface area contributed by atoms with Crippen LogP contribution in [-0.2, 0) is 6.42 Å². The van der Waals surface area contributed by atoms with Crippen molar-refractivity contribution >= 4 is 17.6 Å². The van der Waals surface area contributed by atoms with Gasteiger partial charge in [0.15, 0.2) is 5.16 Å². The molecular formula is C13H17N5S. The average Bonchev–Trinajstić information content (AvgIpc) is 2.37. The molecule has 0 fully saturated rings. The fraction of sp³-hybridized carbons (Fsp3) is 0.385. The zero-order valence-electron chi connectivity index (χ0n) is 11.6. The third-order valence-corrected chi connectivity index (χ3v) is 3.56. The standard InChI is InChI=1S/C13H17N5S/c1-5-10-11(14-4)15-7-16-12(10)19-13-17-8(2)6-9(3)18-13/h6-7H,5H2,1-4H3,(H,14,15,16). The van der Waals surface area contributed by atoms with Gasteiger partial charge in [0.25, 0.3) is 0 Å². The Morgan fingerprint density at radius 2 is 1.84 bits per heavy atom. The SMILES string of the molecule is CCc1c(NC)ncnc1Sc1nc(C)cc(C)n1. The minimum Gasteiger partial charge on any atom is -0.373 e. The predicted octanol–water partition coefficient (Wildman–Crippen LogP) is 2.64. The van der Waals surface area contributed by atoms with Crippen LogP contribution in [0.15, 0.2) is 22.6 Å². The van der Waals surface area contributed by atoms with E-state index in [-0.39, 0.29) is 0 Å². The molecule has 100 valence electrons. The molecule has 0 unspecified atom stereocenters. The van der Waals surface area contributed by atoms with Crippen molar-refractivity contribution < 1.29 is 0 Å². The summed E-state index contributed by atoms with van der Waals surface area (Å²) in [6, 6.07) is 1.96. The number of nitrogens with one attached hydrogen (secondary N) is 1. The van der Waals surface area contributed by atoms with Crippen molar-refractivity contribution in [1.82, 2.24) is 19.9 Å². The summed E-state index contributed by atoms with van der Waals surface area (Å²) in [5.41, 5.74) is 3.03. The Kier molecular flexibility index (Phi) is 4.31. The molecule has 0 spiro atoms. The lowest BCUT2D eigenvalue weighted by Crippen LogP contribution is -2.02. The topological polar surface area (TPSA) is 63.6 Å². The van der Waals surface area contributed by atoms with Crippen molar-refractivity contribution in [1.29, 1.82) is 0 Å². The first-order valence-corrected chi connectivity index (χ1v) is 6.97. The highest BCUT2D eigenvalue weighted by atomic mass is 32.2. The van der Waals surface area contributed by atoms with Crippen molar-refractivity contribution in [3.05, 3.63) is 29.3 Å².